The second-order valence-electron chi connectivity index (χ2n) is 4.40. The van der Waals surface area contributed by atoms with E-state index in [1.165, 1.54) is 0 Å². The predicted molar refractivity (Wildman–Crippen MR) is 73.0 cm³/mol. The van der Waals surface area contributed by atoms with Crippen molar-refractivity contribution in [3.05, 3.63) is 22.8 Å². The molecule has 1 aliphatic rings. The molecule has 0 unspecified atom stereocenters. The van der Waals surface area contributed by atoms with Crippen molar-refractivity contribution >= 4 is 23.3 Å². The van der Waals surface area contributed by atoms with Gasteiger partial charge in [-0.15, -0.1) is 0 Å². The molecule has 2 heterocycles. The van der Waals surface area contributed by atoms with Crippen LogP contribution in [0.25, 0.3) is 0 Å². The van der Waals surface area contributed by atoms with Crippen LogP contribution in [-0.2, 0) is 4.74 Å². The van der Waals surface area contributed by atoms with E-state index in [1.807, 2.05) is 0 Å². The smallest absolute Gasteiger partial charge is 0.274 e. The minimum atomic E-state index is -0.170. The largest absolute Gasteiger partial charge is 0.381 e. The normalized spacial score (nSPS) is 16.5. The number of carbonyl (C=O) groups is 1. The van der Waals surface area contributed by atoms with E-state index in [1.54, 1.807) is 24.1 Å². The molecule has 0 aliphatic carbocycles. The average Bonchev–Trinajstić information content (AvgIpc) is 2.47. The molecule has 7 heteroatoms. The Hall–Kier alpha value is -1.37. The second kappa shape index (κ2) is 6.18. The Morgan fingerprint density at radius 2 is 2.21 bits per heavy atom. The highest BCUT2D eigenvalue weighted by molar-refractivity contribution is 6.33. The zero-order chi connectivity index (χ0) is 13.8. The van der Waals surface area contributed by atoms with Gasteiger partial charge in [-0.2, -0.15) is 0 Å². The Morgan fingerprint density at radius 3 is 2.79 bits per heavy atom. The topological polar surface area (TPSA) is 80.5 Å². The van der Waals surface area contributed by atoms with Gasteiger partial charge in [-0.05, 0) is 25.0 Å². The Labute approximate surface area is 116 Å². The van der Waals surface area contributed by atoms with Gasteiger partial charge in [0.2, 0.25) is 0 Å². The van der Waals surface area contributed by atoms with Crippen molar-refractivity contribution in [3.63, 3.8) is 0 Å². The summed E-state index contributed by atoms with van der Waals surface area (Å²) in [5.41, 5.74) is 2.64. The summed E-state index contributed by atoms with van der Waals surface area (Å²) in [6, 6.07) is 3.23. The maximum Gasteiger partial charge on any atom is 0.274 e. The van der Waals surface area contributed by atoms with Crippen LogP contribution < -0.4 is 11.3 Å². The number of hydrogen-bond donors (Lipinski definition) is 2. The Bertz CT molecular complexity index is 461. The number of halogens is 1. The summed E-state index contributed by atoms with van der Waals surface area (Å²) >= 11 is 6.02. The minimum Gasteiger partial charge on any atom is -0.381 e. The minimum absolute atomic E-state index is 0.170. The molecule has 0 radical (unpaired) electrons. The maximum atomic E-state index is 12.4. The van der Waals surface area contributed by atoms with Crippen molar-refractivity contribution in [2.75, 3.05) is 25.6 Å². The van der Waals surface area contributed by atoms with E-state index in [4.69, 9.17) is 22.2 Å². The third-order valence-electron chi connectivity index (χ3n) is 3.26. The van der Waals surface area contributed by atoms with Crippen LogP contribution in [0.5, 0.6) is 0 Å². The van der Waals surface area contributed by atoms with Crippen molar-refractivity contribution in [1.82, 2.24) is 9.88 Å². The van der Waals surface area contributed by atoms with Crippen LogP contribution in [0.4, 0.5) is 5.82 Å². The lowest BCUT2D eigenvalue weighted by atomic mass is 10.1. The van der Waals surface area contributed by atoms with Crippen LogP contribution in [0, 0.1) is 0 Å². The molecule has 1 aromatic heterocycles. The molecule has 3 N–H and O–H groups in total. The van der Waals surface area contributed by atoms with E-state index < -0.39 is 0 Å². The summed E-state index contributed by atoms with van der Waals surface area (Å²) in [6.45, 7) is 1.30. The number of likely N-dealkylation sites (tertiary alicyclic amines) is 1. The second-order valence-corrected chi connectivity index (χ2v) is 4.81. The molecule has 0 spiro atoms. The number of hydrazine groups is 1. The number of anilines is 1. The average molecular weight is 285 g/mol. The first-order valence-corrected chi connectivity index (χ1v) is 6.48. The summed E-state index contributed by atoms with van der Waals surface area (Å²) in [6.07, 6.45) is 1.88. The number of carbonyl (C=O) groups excluding carboxylic acids is 1. The number of amides is 1. The van der Waals surface area contributed by atoms with Crippen molar-refractivity contribution in [2.45, 2.75) is 18.9 Å². The molecular weight excluding hydrogens is 268 g/mol. The van der Waals surface area contributed by atoms with Crippen LogP contribution in [0.3, 0.4) is 0 Å². The van der Waals surface area contributed by atoms with Gasteiger partial charge in [0.25, 0.3) is 5.91 Å². The van der Waals surface area contributed by atoms with Gasteiger partial charge in [0.15, 0.2) is 0 Å². The number of hydrogen-bond acceptors (Lipinski definition) is 5. The molecule has 19 heavy (non-hydrogen) atoms. The maximum absolute atomic E-state index is 12.4. The molecule has 0 atom stereocenters. The summed E-state index contributed by atoms with van der Waals surface area (Å²) in [7, 11) is 1.69. The van der Waals surface area contributed by atoms with E-state index in [2.05, 4.69) is 10.4 Å². The van der Waals surface area contributed by atoms with Gasteiger partial charge in [-0.25, -0.2) is 10.8 Å². The monoisotopic (exact) mass is 284 g/mol. The van der Waals surface area contributed by atoms with Crippen LogP contribution in [0.15, 0.2) is 12.1 Å². The highest BCUT2D eigenvalue weighted by Crippen LogP contribution is 2.21. The van der Waals surface area contributed by atoms with E-state index in [9.17, 15) is 4.79 Å². The molecule has 1 amide bonds. The van der Waals surface area contributed by atoms with Crippen LogP contribution in [-0.4, -0.2) is 42.1 Å². The Morgan fingerprint density at radius 1 is 1.53 bits per heavy atom. The molecule has 1 aliphatic heterocycles. The number of nitrogens with one attached hydrogen (secondary N) is 1. The number of pyridine rings is 1. The van der Waals surface area contributed by atoms with E-state index in [0.717, 1.165) is 12.8 Å². The molecule has 0 aromatic carbocycles. The standard InChI is InChI=1S/C12H17ClN4O2/c1-19-8-4-6-17(7-5-8)12(18)11-9(13)2-3-10(15-11)16-14/h2-3,8H,4-7,14H2,1H3,(H,15,16). The summed E-state index contributed by atoms with van der Waals surface area (Å²) in [5.74, 6) is 5.53. The third kappa shape index (κ3) is 3.15. The summed E-state index contributed by atoms with van der Waals surface area (Å²) in [5, 5.41) is 0.331. The summed E-state index contributed by atoms with van der Waals surface area (Å²) in [4.78, 5) is 18.2. The van der Waals surface area contributed by atoms with Gasteiger partial charge in [0, 0.05) is 20.2 Å². The van der Waals surface area contributed by atoms with Gasteiger partial charge in [0.1, 0.15) is 11.5 Å². The number of nitrogens with zero attached hydrogens (tertiary/aromatic N) is 2. The Kier molecular flexibility index (Phi) is 4.57. The fraction of sp³-hybridized carbons (Fsp3) is 0.500. The number of nitrogen functional groups attached to an aromatic ring is 1. The molecule has 1 aromatic rings. The fourth-order valence-electron chi connectivity index (χ4n) is 2.12. The molecule has 6 nitrogen and oxygen atoms in total. The van der Waals surface area contributed by atoms with E-state index >= 15 is 0 Å². The first-order chi connectivity index (χ1) is 9.15. The van der Waals surface area contributed by atoms with Crippen LogP contribution in [0.2, 0.25) is 5.02 Å². The van der Waals surface area contributed by atoms with Crippen LogP contribution in [0.1, 0.15) is 23.3 Å². The molecule has 1 saturated heterocycles. The highest BCUT2D eigenvalue weighted by Gasteiger charge is 2.25. The molecule has 0 saturated carbocycles. The highest BCUT2D eigenvalue weighted by atomic mass is 35.5. The van der Waals surface area contributed by atoms with Crippen molar-refractivity contribution in [2.24, 2.45) is 5.84 Å². The summed E-state index contributed by atoms with van der Waals surface area (Å²) < 4.78 is 5.28. The predicted octanol–water partition coefficient (Wildman–Crippen LogP) is 1.27. The van der Waals surface area contributed by atoms with E-state index in [0.29, 0.717) is 23.9 Å². The quantitative estimate of drug-likeness (QED) is 0.645. The molecule has 104 valence electrons. The molecule has 2 rings (SSSR count). The lowest BCUT2D eigenvalue weighted by molar-refractivity contribution is 0.0348. The zero-order valence-electron chi connectivity index (χ0n) is 10.7. The van der Waals surface area contributed by atoms with Gasteiger partial charge >= 0.3 is 0 Å². The van der Waals surface area contributed by atoms with Gasteiger partial charge in [-0.1, -0.05) is 11.6 Å². The first kappa shape index (κ1) is 14.0. The van der Waals surface area contributed by atoms with Gasteiger partial charge in [-0.3, -0.25) is 4.79 Å². The molecular formula is C12H17ClN4O2. The SMILES string of the molecule is COC1CCN(C(=O)c2nc(NN)ccc2Cl)CC1. The number of aromatic nitrogens is 1. The zero-order valence-corrected chi connectivity index (χ0v) is 11.5. The number of methoxy groups -OCH3 is 1. The van der Waals surface area contributed by atoms with Crippen molar-refractivity contribution in [1.29, 1.82) is 0 Å². The number of nitrogens with two attached hydrogens (primary N) is 1. The van der Waals surface area contributed by atoms with Crippen molar-refractivity contribution in [3.8, 4) is 0 Å². The third-order valence-corrected chi connectivity index (χ3v) is 3.56. The molecule has 1 fully saturated rings. The van der Waals surface area contributed by atoms with Crippen molar-refractivity contribution < 1.29 is 9.53 Å². The first-order valence-electron chi connectivity index (χ1n) is 6.11. The van der Waals surface area contributed by atoms with E-state index in [-0.39, 0.29) is 17.7 Å². The van der Waals surface area contributed by atoms with Crippen LogP contribution >= 0.6 is 11.6 Å². The lowest BCUT2D eigenvalue weighted by Crippen LogP contribution is -2.41. The number of rotatable bonds is 3. The molecule has 0 bridgehead atoms. The number of ether oxygens (including phenoxy) is 1. The Balaban J connectivity index is 2.11. The number of piperidine rings is 1. The van der Waals surface area contributed by atoms with Gasteiger partial charge in [0.05, 0.1) is 11.1 Å². The lowest BCUT2D eigenvalue weighted by Gasteiger charge is -2.31. The van der Waals surface area contributed by atoms with Gasteiger partial charge < -0.3 is 15.1 Å². The fourth-order valence-corrected chi connectivity index (χ4v) is 2.30.